The highest BCUT2D eigenvalue weighted by Crippen LogP contribution is 2.37. The van der Waals surface area contributed by atoms with Gasteiger partial charge in [-0.3, -0.25) is 14.2 Å². The third kappa shape index (κ3) is 4.97. The number of carbonyl (C=O) groups is 1. The molecule has 0 atom stereocenters. The lowest BCUT2D eigenvalue weighted by Gasteiger charge is -2.14. The van der Waals surface area contributed by atoms with Gasteiger partial charge in [0.05, 0.1) is 16.8 Å². The van der Waals surface area contributed by atoms with Crippen molar-refractivity contribution in [2.45, 2.75) is 32.9 Å². The molecule has 0 saturated heterocycles. The lowest BCUT2D eigenvalue weighted by molar-refractivity contribution is -0.113. The van der Waals surface area contributed by atoms with Crippen molar-refractivity contribution < 1.29 is 4.79 Å². The largest absolute Gasteiger partial charge is 0.325 e. The molecule has 0 aliphatic heterocycles. The fourth-order valence-corrected chi connectivity index (χ4v) is 6.58. The van der Waals surface area contributed by atoms with E-state index < -0.39 is 0 Å². The average Bonchev–Trinajstić information content (AvgIpc) is 3.22. The van der Waals surface area contributed by atoms with Crippen molar-refractivity contribution in [3.63, 3.8) is 0 Å². The van der Waals surface area contributed by atoms with Crippen LogP contribution in [-0.4, -0.2) is 21.2 Å². The van der Waals surface area contributed by atoms with E-state index in [1.807, 2.05) is 88.4 Å². The van der Waals surface area contributed by atoms with Crippen LogP contribution in [0.1, 0.15) is 21.6 Å². The molecular weight excluding hydrogens is 498 g/mol. The molecule has 0 radical (unpaired) electrons. The number of amides is 1. The first-order valence-corrected chi connectivity index (χ1v) is 13.8. The zero-order valence-electron chi connectivity index (χ0n) is 21.2. The molecule has 1 amide bonds. The SMILES string of the molecule is Cc1cc(C)c(NC(=O)CSc2nc3sc(C)c(-c4ccccc4)c3c(=O)n2-c2ccccc2)c(C)c1. The zero-order chi connectivity index (χ0) is 26.1. The van der Waals surface area contributed by atoms with E-state index in [2.05, 4.69) is 17.4 Å². The van der Waals surface area contributed by atoms with Crippen molar-refractivity contribution in [3.05, 3.63) is 105 Å². The normalized spacial score (nSPS) is 11.1. The second kappa shape index (κ2) is 10.4. The molecule has 0 aliphatic carbocycles. The summed E-state index contributed by atoms with van der Waals surface area (Å²) < 4.78 is 1.63. The summed E-state index contributed by atoms with van der Waals surface area (Å²) in [7, 11) is 0. The molecule has 186 valence electrons. The van der Waals surface area contributed by atoms with Crippen LogP contribution in [0.4, 0.5) is 5.69 Å². The minimum absolute atomic E-state index is 0.132. The maximum Gasteiger partial charge on any atom is 0.268 e. The number of para-hydroxylation sites is 1. The maximum atomic E-state index is 14.0. The predicted octanol–water partition coefficient (Wildman–Crippen LogP) is 7.08. The van der Waals surface area contributed by atoms with E-state index in [-0.39, 0.29) is 17.2 Å². The molecule has 1 N–H and O–H groups in total. The number of thioether (sulfide) groups is 1. The lowest BCUT2D eigenvalue weighted by atomic mass is 10.0. The highest BCUT2D eigenvalue weighted by Gasteiger charge is 2.21. The number of nitrogens with one attached hydrogen (secondary N) is 1. The van der Waals surface area contributed by atoms with Gasteiger partial charge in [-0.05, 0) is 56.5 Å². The Morgan fingerprint density at radius 1 is 0.946 bits per heavy atom. The number of hydrogen-bond acceptors (Lipinski definition) is 5. The molecule has 2 heterocycles. The predicted molar refractivity (Wildman–Crippen MR) is 155 cm³/mol. The number of aryl methyl sites for hydroxylation is 4. The molecule has 2 aromatic heterocycles. The molecule has 5 aromatic rings. The number of carbonyl (C=O) groups excluding carboxylic acids is 1. The van der Waals surface area contributed by atoms with Crippen molar-refractivity contribution in [1.29, 1.82) is 0 Å². The molecule has 0 unspecified atom stereocenters. The van der Waals surface area contributed by atoms with Crippen LogP contribution in [0.25, 0.3) is 27.0 Å². The standard InChI is InChI=1S/C30H27N3O2S2/c1-18-15-19(2)27(20(3)16-18)31-24(34)17-36-30-32-28-26(29(35)33(30)23-13-9-6-10-14-23)25(21(4)37-28)22-11-7-5-8-12-22/h5-16H,17H2,1-4H3,(H,31,34). The smallest absolute Gasteiger partial charge is 0.268 e. The lowest BCUT2D eigenvalue weighted by Crippen LogP contribution is -2.23. The third-order valence-electron chi connectivity index (χ3n) is 6.22. The molecular formula is C30H27N3O2S2. The van der Waals surface area contributed by atoms with Crippen LogP contribution in [0.15, 0.2) is 82.7 Å². The Morgan fingerprint density at radius 2 is 1.57 bits per heavy atom. The van der Waals surface area contributed by atoms with E-state index >= 15 is 0 Å². The van der Waals surface area contributed by atoms with Crippen LogP contribution in [0.5, 0.6) is 0 Å². The molecule has 7 heteroatoms. The number of hydrogen-bond donors (Lipinski definition) is 1. The summed E-state index contributed by atoms with van der Waals surface area (Å²) in [5.41, 5.74) is 6.55. The van der Waals surface area contributed by atoms with Crippen LogP contribution in [0.3, 0.4) is 0 Å². The molecule has 0 fully saturated rings. The molecule has 0 saturated carbocycles. The first kappa shape index (κ1) is 25.0. The number of benzene rings is 3. The fraction of sp³-hybridized carbons (Fsp3) is 0.167. The van der Waals surface area contributed by atoms with Crippen molar-refractivity contribution in [3.8, 4) is 16.8 Å². The quantitative estimate of drug-likeness (QED) is 0.190. The van der Waals surface area contributed by atoms with Crippen molar-refractivity contribution in [1.82, 2.24) is 9.55 Å². The van der Waals surface area contributed by atoms with Gasteiger partial charge in [-0.1, -0.05) is 78.0 Å². The van der Waals surface area contributed by atoms with E-state index in [0.717, 1.165) is 44.1 Å². The van der Waals surface area contributed by atoms with Gasteiger partial charge in [0.2, 0.25) is 5.91 Å². The zero-order valence-corrected chi connectivity index (χ0v) is 22.8. The highest BCUT2D eigenvalue weighted by atomic mass is 32.2. The van der Waals surface area contributed by atoms with E-state index in [9.17, 15) is 9.59 Å². The monoisotopic (exact) mass is 525 g/mol. The summed E-state index contributed by atoms with van der Waals surface area (Å²) >= 11 is 2.78. The number of nitrogens with zero attached hydrogens (tertiary/aromatic N) is 2. The summed E-state index contributed by atoms with van der Waals surface area (Å²) in [5.74, 6) is -0.00527. The Labute approximate surface area is 224 Å². The summed E-state index contributed by atoms with van der Waals surface area (Å²) in [4.78, 5) is 33.6. The van der Waals surface area contributed by atoms with E-state index in [4.69, 9.17) is 4.98 Å². The van der Waals surface area contributed by atoms with Crippen LogP contribution >= 0.6 is 23.1 Å². The summed E-state index contributed by atoms with van der Waals surface area (Å²) in [6, 6.07) is 23.5. The van der Waals surface area contributed by atoms with Crippen LogP contribution in [0, 0.1) is 27.7 Å². The van der Waals surface area contributed by atoms with Gasteiger partial charge in [0.1, 0.15) is 4.83 Å². The Hall–Kier alpha value is -3.68. The van der Waals surface area contributed by atoms with Gasteiger partial charge in [-0.25, -0.2) is 4.98 Å². The van der Waals surface area contributed by atoms with E-state index in [0.29, 0.717) is 15.4 Å². The van der Waals surface area contributed by atoms with Gasteiger partial charge in [0.25, 0.3) is 5.56 Å². The first-order chi connectivity index (χ1) is 17.8. The molecule has 0 aliphatic rings. The Bertz CT molecular complexity index is 1650. The Kier molecular flexibility index (Phi) is 7.00. The Balaban J connectivity index is 1.55. The third-order valence-corrected chi connectivity index (χ3v) is 8.16. The van der Waals surface area contributed by atoms with Crippen molar-refractivity contribution in [2.24, 2.45) is 0 Å². The summed E-state index contributed by atoms with van der Waals surface area (Å²) in [5, 5.41) is 4.16. The maximum absolute atomic E-state index is 14.0. The van der Waals surface area contributed by atoms with Gasteiger partial charge in [0, 0.05) is 16.1 Å². The summed E-state index contributed by atoms with van der Waals surface area (Å²) in [6.45, 7) is 8.05. The minimum atomic E-state index is -0.138. The number of anilines is 1. The van der Waals surface area contributed by atoms with Gasteiger partial charge >= 0.3 is 0 Å². The first-order valence-electron chi connectivity index (χ1n) is 12.0. The summed E-state index contributed by atoms with van der Waals surface area (Å²) in [6.07, 6.45) is 0. The Morgan fingerprint density at radius 3 is 2.22 bits per heavy atom. The van der Waals surface area contributed by atoms with Crippen molar-refractivity contribution >= 4 is 44.9 Å². The van der Waals surface area contributed by atoms with Gasteiger partial charge < -0.3 is 5.32 Å². The number of thiophene rings is 1. The van der Waals surface area contributed by atoms with Gasteiger partial charge in [0.15, 0.2) is 5.16 Å². The van der Waals surface area contributed by atoms with Gasteiger partial charge in [-0.15, -0.1) is 11.3 Å². The second-order valence-electron chi connectivity index (χ2n) is 9.06. The van der Waals surface area contributed by atoms with Crippen LogP contribution in [0.2, 0.25) is 0 Å². The van der Waals surface area contributed by atoms with Gasteiger partial charge in [-0.2, -0.15) is 0 Å². The number of fused-ring (bicyclic) bond motifs is 1. The highest BCUT2D eigenvalue weighted by molar-refractivity contribution is 7.99. The second-order valence-corrected chi connectivity index (χ2v) is 11.2. The molecule has 5 nitrogen and oxygen atoms in total. The topological polar surface area (TPSA) is 64.0 Å². The average molecular weight is 526 g/mol. The van der Waals surface area contributed by atoms with Crippen molar-refractivity contribution in [2.75, 3.05) is 11.1 Å². The molecule has 3 aromatic carbocycles. The minimum Gasteiger partial charge on any atom is -0.325 e. The molecule has 5 rings (SSSR count). The molecule has 0 bridgehead atoms. The molecule has 0 spiro atoms. The number of rotatable bonds is 6. The number of aromatic nitrogens is 2. The fourth-order valence-electron chi connectivity index (χ4n) is 4.68. The van der Waals surface area contributed by atoms with E-state index in [1.165, 1.54) is 23.1 Å². The molecule has 37 heavy (non-hydrogen) atoms. The van der Waals surface area contributed by atoms with Crippen LogP contribution in [-0.2, 0) is 4.79 Å². The van der Waals surface area contributed by atoms with Crippen LogP contribution < -0.4 is 10.9 Å². The van der Waals surface area contributed by atoms with E-state index in [1.54, 1.807) is 4.57 Å².